The quantitative estimate of drug-likeness (QED) is 0.588. The second kappa shape index (κ2) is 10.8. The highest BCUT2D eigenvalue weighted by molar-refractivity contribution is 5.77. The Morgan fingerprint density at radius 1 is 1.29 bits per heavy atom. The summed E-state index contributed by atoms with van der Waals surface area (Å²) in [6, 6.07) is 0. The molecule has 21 heavy (non-hydrogen) atoms. The number of aliphatic hydroxyl groups is 1. The van der Waals surface area contributed by atoms with Crippen LogP contribution in [-0.2, 0) is 14.3 Å². The summed E-state index contributed by atoms with van der Waals surface area (Å²) >= 11 is 0. The molecule has 0 aliphatic rings. The molecule has 0 aromatic carbocycles. The van der Waals surface area contributed by atoms with Gasteiger partial charge in [0.15, 0.2) is 6.10 Å². The molecule has 0 rings (SSSR count). The zero-order valence-electron chi connectivity index (χ0n) is 12.5. The van der Waals surface area contributed by atoms with Crippen molar-refractivity contribution in [2.24, 2.45) is 0 Å². The Bertz CT molecular complexity index is 287. The second-order valence-corrected chi connectivity index (χ2v) is 4.65. The number of alkyl halides is 3. The molecule has 0 bridgehead atoms. The molecule has 0 aliphatic heterocycles. The first-order chi connectivity index (χ1) is 9.82. The van der Waals surface area contributed by atoms with E-state index in [9.17, 15) is 18.0 Å². The van der Waals surface area contributed by atoms with Gasteiger partial charge in [0.1, 0.15) is 6.61 Å². The van der Waals surface area contributed by atoms with E-state index in [1.807, 2.05) is 6.92 Å². The van der Waals surface area contributed by atoms with Crippen molar-refractivity contribution in [1.82, 2.24) is 4.90 Å². The first-order valence-electron chi connectivity index (χ1n) is 6.92. The van der Waals surface area contributed by atoms with Crippen LogP contribution in [0.2, 0.25) is 0 Å². The van der Waals surface area contributed by atoms with E-state index in [-0.39, 0.29) is 19.8 Å². The summed E-state index contributed by atoms with van der Waals surface area (Å²) in [5, 5.41) is 9.05. The molecule has 0 aliphatic carbocycles. The number of hydrogen-bond acceptors (Lipinski definition) is 4. The molecule has 5 nitrogen and oxygen atoms in total. The topological polar surface area (TPSA) is 59.0 Å². The highest BCUT2D eigenvalue weighted by atomic mass is 19.4. The van der Waals surface area contributed by atoms with Gasteiger partial charge in [-0.25, -0.2) is 0 Å². The molecule has 0 radical (unpaired) electrons. The number of amides is 1. The highest BCUT2D eigenvalue weighted by Crippen LogP contribution is 2.20. The average Bonchev–Trinajstić information content (AvgIpc) is 2.41. The van der Waals surface area contributed by atoms with E-state index < -0.39 is 24.7 Å². The van der Waals surface area contributed by atoms with E-state index in [4.69, 9.17) is 14.6 Å². The third kappa shape index (κ3) is 9.65. The summed E-state index contributed by atoms with van der Waals surface area (Å²) in [7, 11) is 1.38. The van der Waals surface area contributed by atoms with Crippen molar-refractivity contribution in [2.75, 3.05) is 40.0 Å². The van der Waals surface area contributed by atoms with Crippen molar-refractivity contribution in [3.63, 3.8) is 0 Å². The summed E-state index contributed by atoms with van der Waals surface area (Å²) in [6.45, 7) is 1.37. The van der Waals surface area contributed by atoms with Crippen LogP contribution in [0.15, 0.2) is 0 Å². The van der Waals surface area contributed by atoms with Gasteiger partial charge < -0.3 is 19.5 Å². The van der Waals surface area contributed by atoms with Crippen LogP contribution < -0.4 is 0 Å². The summed E-state index contributed by atoms with van der Waals surface area (Å²) in [5.41, 5.74) is 0. The fourth-order valence-electron chi connectivity index (χ4n) is 1.54. The van der Waals surface area contributed by atoms with Gasteiger partial charge in [-0.05, 0) is 6.42 Å². The molecule has 0 saturated carbocycles. The third-order valence-corrected chi connectivity index (χ3v) is 2.81. The van der Waals surface area contributed by atoms with Crippen LogP contribution in [0.5, 0.6) is 0 Å². The van der Waals surface area contributed by atoms with Crippen molar-refractivity contribution in [3.05, 3.63) is 0 Å². The molecule has 0 aromatic rings. The van der Waals surface area contributed by atoms with Gasteiger partial charge >= 0.3 is 6.18 Å². The number of carbonyl (C=O) groups excluding carboxylic acids is 1. The average molecular weight is 315 g/mol. The summed E-state index contributed by atoms with van der Waals surface area (Å²) in [5.74, 6) is -0.591. The van der Waals surface area contributed by atoms with E-state index in [1.54, 1.807) is 0 Å². The van der Waals surface area contributed by atoms with Crippen LogP contribution in [0.1, 0.15) is 26.2 Å². The zero-order chi connectivity index (χ0) is 16.3. The molecule has 1 amide bonds. The highest BCUT2D eigenvalue weighted by Gasteiger charge is 2.39. The lowest BCUT2D eigenvalue weighted by Gasteiger charge is -2.26. The lowest BCUT2D eigenvalue weighted by Crippen LogP contribution is -2.46. The standard InChI is InChI=1S/C13H24F3NO4/c1-3-4-5-7-21-10-12(19)17(6-8-20-2)9-11(18)13(14,15)16/h11,18H,3-10H2,1-2H3. The Morgan fingerprint density at radius 3 is 2.48 bits per heavy atom. The molecule has 0 fully saturated rings. The third-order valence-electron chi connectivity index (χ3n) is 2.81. The fraction of sp³-hybridized carbons (Fsp3) is 0.923. The normalized spacial score (nSPS) is 13.2. The Labute approximate surface area is 123 Å². The first kappa shape index (κ1) is 20.1. The number of hydrogen-bond donors (Lipinski definition) is 1. The van der Waals surface area contributed by atoms with Gasteiger partial charge in [-0.1, -0.05) is 19.8 Å². The molecule has 126 valence electrons. The largest absolute Gasteiger partial charge is 0.416 e. The van der Waals surface area contributed by atoms with E-state index in [0.717, 1.165) is 24.2 Å². The molecule has 1 atom stereocenters. The predicted octanol–water partition coefficient (Wildman–Crippen LogP) is 1.59. The lowest BCUT2D eigenvalue weighted by molar-refractivity contribution is -0.208. The number of aliphatic hydroxyl groups excluding tert-OH is 1. The van der Waals surface area contributed by atoms with E-state index in [2.05, 4.69) is 0 Å². The van der Waals surface area contributed by atoms with Gasteiger partial charge in [-0.15, -0.1) is 0 Å². The van der Waals surface area contributed by atoms with E-state index in [0.29, 0.717) is 6.61 Å². The molecule has 0 aromatic heterocycles. The van der Waals surface area contributed by atoms with Crippen molar-refractivity contribution in [2.45, 2.75) is 38.5 Å². The maximum absolute atomic E-state index is 12.3. The number of halogens is 3. The van der Waals surface area contributed by atoms with Crippen LogP contribution >= 0.6 is 0 Å². The fourth-order valence-corrected chi connectivity index (χ4v) is 1.54. The van der Waals surface area contributed by atoms with Gasteiger partial charge in [-0.3, -0.25) is 4.79 Å². The number of methoxy groups -OCH3 is 1. The number of rotatable bonds is 11. The van der Waals surface area contributed by atoms with Gasteiger partial charge in [0, 0.05) is 20.3 Å². The minimum atomic E-state index is -4.76. The summed E-state index contributed by atoms with van der Waals surface area (Å²) in [6.07, 6.45) is -4.55. The predicted molar refractivity (Wildman–Crippen MR) is 70.9 cm³/mol. The maximum Gasteiger partial charge on any atom is 0.416 e. The molecule has 8 heteroatoms. The molecule has 1 N–H and O–H groups in total. The lowest BCUT2D eigenvalue weighted by atomic mass is 10.3. The monoisotopic (exact) mass is 315 g/mol. The molecular formula is C13H24F3NO4. The minimum Gasteiger partial charge on any atom is -0.383 e. The molecular weight excluding hydrogens is 291 g/mol. The van der Waals surface area contributed by atoms with Gasteiger partial charge in [0.05, 0.1) is 13.2 Å². The Kier molecular flexibility index (Phi) is 10.4. The van der Waals surface area contributed by atoms with Crippen molar-refractivity contribution < 1.29 is 32.5 Å². The summed E-state index contributed by atoms with van der Waals surface area (Å²) < 4.78 is 46.9. The van der Waals surface area contributed by atoms with E-state index in [1.165, 1.54) is 7.11 Å². The first-order valence-corrected chi connectivity index (χ1v) is 6.92. The number of unbranched alkanes of at least 4 members (excludes halogenated alkanes) is 2. The smallest absolute Gasteiger partial charge is 0.383 e. The minimum absolute atomic E-state index is 0.0270. The van der Waals surface area contributed by atoms with Crippen LogP contribution in [0.25, 0.3) is 0 Å². The summed E-state index contributed by atoms with van der Waals surface area (Å²) in [4.78, 5) is 12.7. The van der Waals surface area contributed by atoms with Crippen LogP contribution in [0, 0.1) is 0 Å². The van der Waals surface area contributed by atoms with Crippen LogP contribution in [-0.4, -0.2) is 68.2 Å². The Morgan fingerprint density at radius 2 is 1.95 bits per heavy atom. The number of carbonyl (C=O) groups is 1. The molecule has 1 unspecified atom stereocenters. The van der Waals surface area contributed by atoms with Crippen molar-refractivity contribution in [3.8, 4) is 0 Å². The number of nitrogens with zero attached hydrogens (tertiary/aromatic N) is 1. The second-order valence-electron chi connectivity index (χ2n) is 4.65. The van der Waals surface area contributed by atoms with Gasteiger partial charge in [0.25, 0.3) is 0 Å². The number of ether oxygens (including phenoxy) is 2. The maximum atomic E-state index is 12.3. The van der Waals surface area contributed by atoms with Crippen molar-refractivity contribution in [1.29, 1.82) is 0 Å². The van der Waals surface area contributed by atoms with E-state index >= 15 is 0 Å². The van der Waals surface area contributed by atoms with Gasteiger partial charge in [-0.2, -0.15) is 13.2 Å². The van der Waals surface area contributed by atoms with Gasteiger partial charge in [0.2, 0.25) is 5.91 Å². The molecule has 0 spiro atoms. The van der Waals surface area contributed by atoms with Crippen LogP contribution in [0.4, 0.5) is 13.2 Å². The SMILES string of the molecule is CCCCCOCC(=O)N(CCOC)CC(O)C(F)(F)F. The Hall–Kier alpha value is -0.860. The molecule has 0 saturated heterocycles. The molecule has 0 heterocycles. The zero-order valence-corrected chi connectivity index (χ0v) is 12.5. The van der Waals surface area contributed by atoms with Crippen molar-refractivity contribution >= 4 is 5.91 Å². The Balaban J connectivity index is 4.28. The van der Waals surface area contributed by atoms with Crippen LogP contribution in [0.3, 0.4) is 0 Å².